The maximum Gasteiger partial charge on any atom is 0.306 e. The van der Waals surface area contributed by atoms with E-state index in [2.05, 4.69) is 0 Å². The molecule has 0 aromatic carbocycles. The molecular formula is C8H9F2NO2. The van der Waals surface area contributed by atoms with Crippen LogP contribution in [-0.4, -0.2) is 16.1 Å². The lowest BCUT2D eigenvalue weighted by Gasteiger charge is -2.31. The van der Waals surface area contributed by atoms with Gasteiger partial charge in [0.1, 0.15) is 0 Å². The van der Waals surface area contributed by atoms with Crippen LogP contribution in [-0.2, 0) is 0 Å². The van der Waals surface area contributed by atoms with Gasteiger partial charge in [0.05, 0.1) is 0 Å². The summed E-state index contributed by atoms with van der Waals surface area (Å²) in [5, 5.41) is 10.6. The fraction of sp³-hybridized carbons (Fsp3) is 0.500. The second-order valence-electron chi connectivity index (χ2n) is 3.28. The van der Waals surface area contributed by atoms with Gasteiger partial charge >= 0.3 is 5.54 Å². The lowest BCUT2D eigenvalue weighted by molar-refractivity contribution is -0.572. The summed E-state index contributed by atoms with van der Waals surface area (Å²) in [5.74, 6) is -1.06. The molecule has 2 unspecified atom stereocenters. The molecule has 72 valence electrons. The van der Waals surface area contributed by atoms with E-state index in [-0.39, 0.29) is 0 Å². The van der Waals surface area contributed by atoms with Crippen LogP contribution in [0.4, 0.5) is 8.78 Å². The van der Waals surface area contributed by atoms with Crippen molar-refractivity contribution in [3.8, 4) is 0 Å². The predicted octanol–water partition coefficient (Wildman–Crippen LogP) is 2.17. The number of nitrogens with zero attached hydrogens (tertiary/aromatic N) is 1. The number of halogens is 2. The Labute approximate surface area is 73.9 Å². The van der Waals surface area contributed by atoms with Crippen molar-refractivity contribution in [2.24, 2.45) is 0 Å². The molecule has 1 aliphatic carbocycles. The topological polar surface area (TPSA) is 43.1 Å². The number of allylic oxidation sites excluding steroid dienone is 2. The zero-order valence-corrected chi connectivity index (χ0v) is 7.25. The molecule has 5 heteroatoms. The second kappa shape index (κ2) is 2.61. The van der Waals surface area contributed by atoms with Gasteiger partial charge in [-0.25, -0.2) is 8.78 Å². The van der Waals surface area contributed by atoms with Gasteiger partial charge in [0.25, 0.3) is 0 Å². The van der Waals surface area contributed by atoms with Crippen LogP contribution in [0, 0.1) is 10.1 Å². The first-order chi connectivity index (χ1) is 5.82. The average molecular weight is 189 g/mol. The Bertz CT molecular complexity index is 309. The molecule has 0 spiro atoms. The fourth-order valence-corrected chi connectivity index (χ4v) is 1.14. The minimum atomic E-state index is -2.30. The van der Waals surface area contributed by atoms with Gasteiger partial charge in [-0.1, -0.05) is 6.08 Å². The summed E-state index contributed by atoms with van der Waals surface area (Å²) in [6, 6.07) is 0. The van der Waals surface area contributed by atoms with E-state index in [1.54, 1.807) is 0 Å². The van der Waals surface area contributed by atoms with Gasteiger partial charge in [-0.2, -0.15) is 0 Å². The quantitative estimate of drug-likeness (QED) is 0.468. The van der Waals surface area contributed by atoms with E-state index in [9.17, 15) is 18.9 Å². The largest absolute Gasteiger partial charge is 0.306 e. The normalized spacial score (nSPS) is 38.6. The molecule has 0 heterocycles. The third kappa shape index (κ3) is 1.15. The first-order valence-corrected chi connectivity index (χ1v) is 3.71. The molecule has 0 saturated heterocycles. The molecule has 0 amide bonds. The minimum Gasteiger partial charge on any atom is -0.263 e. The molecule has 0 aromatic rings. The third-order valence-electron chi connectivity index (χ3n) is 2.43. The highest BCUT2D eigenvalue weighted by atomic mass is 19.2. The molecule has 3 nitrogen and oxygen atoms in total. The summed E-state index contributed by atoms with van der Waals surface area (Å²) in [5.41, 5.74) is -4.60. The van der Waals surface area contributed by atoms with Crippen molar-refractivity contribution in [1.82, 2.24) is 0 Å². The van der Waals surface area contributed by atoms with Gasteiger partial charge < -0.3 is 0 Å². The summed E-state index contributed by atoms with van der Waals surface area (Å²) in [6.45, 7) is 1.92. The molecule has 0 N–H and O–H groups in total. The van der Waals surface area contributed by atoms with E-state index < -0.39 is 22.0 Å². The fourth-order valence-electron chi connectivity index (χ4n) is 1.14. The van der Waals surface area contributed by atoms with Gasteiger partial charge in [0.2, 0.25) is 5.67 Å². The highest BCUT2D eigenvalue weighted by molar-refractivity contribution is 5.31. The molecule has 0 fully saturated rings. The SMILES string of the molecule is CC1(F)C=CC=C(F)C1(C)[N+](=O)[O-]. The Morgan fingerprint density at radius 1 is 1.54 bits per heavy atom. The van der Waals surface area contributed by atoms with E-state index in [1.807, 2.05) is 0 Å². The number of rotatable bonds is 1. The molecule has 1 aliphatic rings. The van der Waals surface area contributed by atoms with Gasteiger partial charge in [-0.05, 0) is 19.1 Å². The van der Waals surface area contributed by atoms with Crippen LogP contribution in [0.1, 0.15) is 13.8 Å². The molecule has 0 saturated carbocycles. The maximum atomic E-state index is 13.6. The standard InChI is InChI=1S/C8H9F2NO2/c1-7(10)5-3-4-6(9)8(7,2)11(12)13/h3-5H,1-2H3. The van der Waals surface area contributed by atoms with Crippen LogP contribution in [0.25, 0.3) is 0 Å². The number of hydrogen-bond donors (Lipinski definition) is 0. The van der Waals surface area contributed by atoms with E-state index >= 15 is 0 Å². The van der Waals surface area contributed by atoms with Crippen LogP contribution in [0.2, 0.25) is 0 Å². The van der Waals surface area contributed by atoms with E-state index in [0.717, 1.165) is 32.1 Å². The van der Waals surface area contributed by atoms with E-state index in [1.165, 1.54) is 0 Å². The molecule has 1 rings (SSSR count). The molecule has 0 aliphatic heterocycles. The first-order valence-electron chi connectivity index (χ1n) is 3.71. The van der Waals surface area contributed by atoms with Gasteiger partial charge in [0, 0.05) is 11.8 Å². The Morgan fingerprint density at radius 3 is 2.38 bits per heavy atom. The van der Waals surface area contributed by atoms with Crippen LogP contribution in [0.3, 0.4) is 0 Å². The smallest absolute Gasteiger partial charge is 0.263 e. The highest BCUT2D eigenvalue weighted by Crippen LogP contribution is 2.39. The molecule has 0 radical (unpaired) electrons. The van der Waals surface area contributed by atoms with Crippen molar-refractivity contribution < 1.29 is 13.7 Å². The van der Waals surface area contributed by atoms with Crippen molar-refractivity contribution in [2.75, 3.05) is 0 Å². The first kappa shape index (κ1) is 9.83. The number of alkyl halides is 1. The Balaban J connectivity index is 3.27. The van der Waals surface area contributed by atoms with Gasteiger partial charge in [0.15, 0.2) is 5.83 Å². The predicted molar refractivity (Wildman–Crippen MR) is 43.2 cm³/mol. The zero-order chi connectivity index (χ0) is 10.3. The van der Waals surface area contributed by atoms with Crippen molar-refractivity contribution in [1.29, 1.82) is 0 Å². The maximum absolute atomic E-state index is 13.6. The van der Waals surface area contributed by atoms with Crippen LogP contribution in [0.15, 0.2) is 24.1 Å². The van der Waals surface area contributed by atoms with Gasteiger partial charge in [-0.15, -0.1) is 0 Å². The van der Waals surface area contributed by atoms with Crippen LogP contribution < -0.4 is 0 Å². The molecule has 2 atom stereocenters. The van der Waals surface area contributed by atoms with Crippen molar-refractivity contribution in [3.63, 3.8) is 0 Å². The Hall–Kier alpha value is -1.26. The van der Waals surface area contributed by atoms with Gasteiger partial charge in [-0.3, -0.25) is 10.1 Å². The monoisotopic (exact) mass is 189 g/mol. The summed E-state index contributed by atoms with van der Waals surface area (Å²) in [4.78, 5) is 9.61. The lowest BCUT2D eigenvalue weighted by atomic mass is 9.80. The zero-order valence-electron chi connectivity index (χ0n) is 7.25. The van der Waals surface area contributed by atoms with Crippen molar-refractivity contribution in [3.05, 3.63) is 34.2 Å². The summed E-state index contributed by atoms with van der Waals surface area (Å²) in [7, 11) is 0. The summed E-state index contributed by atoms with van der Waals surface area (Å²) >= 11 is 0. The van der Waals surface area contributed by atoms with Crippen LogP contribution >= 0.6 is 0 Å². The van der Waals surface area contributed by atoms with Crippen molar-refractivity contribution in [2.45, 2.75) is 25.1 Å². The van der Waals surface area contributed by atoms with Crippen molar-refractivity contribution >= 4 is 0 Å². The van der Waals surface area contributed by atoms with E-state index in [0.29, 0.717) is 0 Å². The number of nitro groups is 1. The summed E-state index contributed by atoms with van der Waals surface area (Å²) < 4.78 is 26.7. The summed E-state index contributed by atoms with van der Waals surface area (Å²) in [6.07, 6.45) is 3.03. The minimum absolute atomic E-state index is 0.907. The third-order valence-corrected chi connectivity index (χ3v) is 2.43. The molecule has 13 heavy (non-hydrogen) atoms. The Kier molecular flexibility index (Phi) is 1.98. The molecule has 0 aromatic heterocycles. The Morgan fingerprint density at radius 2 is 2.08 bits per heavy atom. The van der Waals surface area contributed by atoms with Crippen LogP contribution in [0.5, 0.6) is 0 Å². The average Bonchev–Trinajstić information content (AvgIpc) is 1.99. The highest BCUT2D eigenvalue weighted by Gasteiger charge is 2.59. The van der Waals surface area contributed by atoms with E-state index in [4.69, 9.17) is 0 Å². The molecule has 0 bridgehead atoms. The lowest BCUT2D eigenvalue weighted by Crippen LogP contribution is -2.53. The second-order valence-corrected chi connectivity index (χ2v) is 3.28. The number of hydrogen-bond acceptors (Lipinski definition) is 2. The molecular weight excluding hydrogens is 180 g/mol.